The van der Waals surface area contributed by atoms with Crippen molar-refractivity contribution in [2.24, 2.45) is 5.92 Å². The number of hydrogen-bond acceptors (Lipinski definition) is 10. The van der Waals surface area contributed by atoms with E-state index in [1.54, 1.807) is 24.3 Å². The van der Waals surface area contributed by atoms with E-state index in [0.717, 1.165) is 12.8 Å². The highest BCUT2D eigenvalue weighted by molar-refractivity contribution is 6.31. The molecule has 0 unspecified atom stereocenters. The molecule has 1 aliphatic carbocycles. The molecule has 14 heteroatoms. The summed E-state index contributed by atoms with van der Waals surface area (Å²) in [6, 6.07) is 7.84. The molecule has 3 aliphatic rings. The second-order valence-corrected chi connectivity index (χ2v) is 13.5. The predicted octanol–water partition coefficient (Wildman–Crippen LogP) is 4.23. The van der Waals surface area contributed by atoms with Crippen LogP contribution in [0.3, 0.4) is 0 Å². The van der Waals surface area contributed by atoms with Gasteiger partial charge in [-0.15, -0.1) is 0 Å². The van der Waals surface area contributed by atoms with Gasteiger partial charge < -0.3 is 25.0 Å². The number of piperazine rings is 1. The lowest BCUT2D eigenvalue weighted by atomic mass is 10.1. The van der Waals surface area contributed by atoms with Gasteiger partial charge in [-0.3, -0.25) is 24.2 Å². The molecule has 12 nitrogen and oxygen atoms in total. The molecule has 1 aromatic heterocycles. The molecule has 2 aromatic carbocycles. The summed E-state index contributed by atoms with van der Waals surface area (Å²) in [6.45, 7) is 8.08. The van der Waals surface area contributed by atoms with Crippen LogP contribution in [0.2, 0.25) is 5.02 Å². The summed E-state index contributed by atoms with van der Waals surface area (Å²) in [4.78, 5) is 52.5. The maximum atomic E-state index is 13.7. The van der Waals surface area contributed by atoms with E-state index in [-0.39, 0.29) is 35.9 Å². The molecule has 3 heterocycles. The van der Waals surface area contributed by atoms with Crippen molar-refractivity contribution in [3.63, 3.8) is 0 Å². The molecule has 254 valence electrons. The van der Waals surface area contributed by atoms with Crippen molar-refractivity contribution in [1.82, 2.24) is 24.7 Å². The first-order valence-electron chi connectivity index (χ1n) is 16.1. The minimum Gasteiger partial charge on any atom is -0.491 e. The molecular formula is C34H39ClFN7O5. The normalized spacial score (nSPS) is 18.6. The number of morpholine rings is 1. The van der Waals surface area contributed by atoms with Crippen molar-refractivity contribution < 1.29 is 28.2 Å². The van der Waals surface area contributed by atoms with Crippen molar-refractivity contribution in [1.29, 1.82) is 0 Å². The standard InChI is InChI=1S/C34H39ClFN7O5/c1-34(2)20-42(18-32(46)48-34)17-31(45)43-12-10-41(11-13-43)9-3-4-30(44)40-28-15-24-27(16-29(28)47-19-22-5-6-22)37-21-38-33(24)39-23-7-8-26(36)25(35)14-23/h3-4,7-8,14-16,21-22H,5-6,9-13,17-20H2,1-2H3,(H,40,44)(H,37,38,39). The number of nitrogens with zero attached hydrogens (tertiary/aromatic N) is 5. The average Bonchev–Trinajstić information content (AvgIpc) is 3.86. The first kappa shape index (κ1) is 33.6. The molecule has 0 atom stereocenters. The second-order valence-electron chi connectivity index (χ2n) is 13.0. The van der Waals surface area contributed by atoms with Gasteiger partial charge in [-0.05, 0) is 56.9 Å². The Labute approximate surface area is 283 Å². The smallest absolute Gasteiger partial charge is 0.320 e. The minimum absolute atomic E-state index is 0.00427. The van der Waals surface area contributed by atoms with E-state index in [4.69, 9.17) is 21.1 Å². The van der Waals surface area contributed by atoms with E-state index in [2.05, 4.69) is 25.5 Å². The highest BCUT2D eigenvalue weighted by Gasteiger charge is 2.34. The van der Waals surface area contributed by atoms with E-state index in [1.165, 1.54) is 24.5 Å². The maximum absolute atomic E-state index is 13.7. The van der Waals surface area contributed by atoms with Crippen LogP contribution in [0.25, 0.3) is 10.9 Å². The van der Waals surface area contributed by atoms with Gasteiger partial charge in [0.15, 0.2) is 0 Å². The van der Waals surface area contributed by atoms with Gasteiger partial charge in [0.1, 0.15) is 29.3 Å². The van der Waals surface area contributed by atoms with E-state index in [1.807, 2.05) is 23.6 Å². The Hall–Kier alpha value is -4.33. The summed E-state index contributed by atoms with van der Waals surface area (Å²) in [6.07, 6.45) is 6.94. The van der Waals surface area contributed by atoms with Crippen molar-refractivity contribution in [3.8, 4) is 5.75 Å². The molecule has 2 aliphatic heterocycles. The van der Waals surface area contributed by atoms with Crippen LogP contribution >= 0.6 is 11.6 Å². The number of ether oxygens (including phenoxy) is 2. The van der Waals surface area contributed by atoms with Gasteiger partial charge in [0.05, 0.1) is 35.9 Å². The van der Waals surface area contributed by atoms with E-state index >= 15 is 0 Å². The quantitative estimate of drug-likeness (QED) is 0.224. The van der Waals surface area contributed by atoms with Crippen LogP contribution in [0, 0.1) is 11.7 Å². The molecule has 2 N–H and O–H groups in total. The average molecular weight is 680 g/mol. The van der Waals surface area contributed by atoms with Gasteiger partial charge in [-0.2, -0.15) is 0 Å². The van der Waals surface area contributed by atoms with Gasteiger partial charge in [-0.1, -0.05) is 17.7 Å². The Morgan fingerprint density at radius 2 is 1.92 bits per heavy atom. The van der Waals surface area contributed by atoms with Gasteiger partial charge in [0.2, 0.25) is 11.8 Å². The number of esters is 1. The SMILES string of the molecule is CC1(C)CN(CC(=O)N2CCN(CC=CC(=O)Nc3cc4c(Nc5ccc(F)c(Cl)c5)ncnc4cc3OCC3CC3)CC2)CC(=O)O1. The summed E-state index contributed by atoms with van der Waals surface area (Å²) in [5.41, 5.74) is 1.03. The Bertz CT molecular complexity index is 1730. The first-order valence-corrected chi connectivity index (χ1v) is 16.4. The fourth-order valence-electron chi connectivity index (χ4n) is 5.82. The van der Waals surface area contributed by atoms with Crippen LogP contribution in [-0.2, 0) is 19.1 Å². The molecular weight excluding hydrogens is 641 g/mol. The number of hydrogen-bond donors (Lipinski definition) is 2. The lowest BCUT2D eigenvalue weighted by Crippen LogP contribution is -2.55. The monoisotopic (exact) mass is 679 g/mol. The number of cyclic esters (lactones) is 1. The third kappa shape index (κ3) is 8.77. The summed E-state index contributed by atoms with van der Waals surface area (Å²) in [7, 11) is 0. The van der Waals surface area contributed by atoms with Crippen LogP contribution < -0.4 is 15.4 Å². The Kier molecular flexibility index (Phi) is 10.1. The zero-order chi connectivity index (χ0) is 33.8. The highest BCUT2D eigenvalue weighted by Crippen LogP contribution is 2.36. The molecule has 0 bridgehead atoms. The Morgan fingerprint density at radius 3 is 2.65 bits per heavy atom. The maximum Gasteiger partial charge on any atom is 0.320 e. The van der Waals surface area contributed by atoms with Gasteiger partial charge >= 0.3 is 5.97 Å². The molecule has 0 radical (unpaired) electrons. The summed E-state index contributed by atoms with van der Waals surface area (Å²) < 4.78 is 25.1. The fraction of sp³-hybridized carbons (Fsp3) is 0.441. The van der Waals surface area contributed by atoms with Crippen LogP contribution in [0.5, 0.6) is 5.75 Å². The predicted molar refractivity (Wildman–Crippen MR) is 180 cm³/mol. The van der Waals surface area contributed by atoms with Crippen molar-refractivity contribution >= 4 is 57.5 Å². The number of nitrogens with one attached hydrogen (secondary N) is 2. The van der Waals surface area contributed by atoms with Crippen LogP contribution in [0.15, 0.2) is 48.8 Å². The lowest BCUT2D eigenvalue weighted by molar-refractivity contribution is -0.170. The van der Waals surface area contributed by atoms with Crippen LogP contribution in [0.4, 0.5) is 21.6 Å². The number of anilines is 3. The van der Waals surface area contributed by atoms with Gasteiger partial charge in [0, 0.05) is 62.5 Å². The number of benzene rings is 2. The van der Waals surface area contributed by atoms with E-state index < -0.39 is 11.4 Å². The number of halogens is 2. The Morgan fingerprint density at radius 1 is 1.12 bits per heavy atom. The molecule has 2 amide bonds. The molecule has 48 heavy (non-hydrogen) atoms. The highest BCUT2D eigenvalue weighted by atomic mass is 35.5. The van der Waals surface area contributed by atoms with Crippen molar-refractivity contribution in [2.45, 2.75) is 32.3 Å². The van der Waals surface area contributed by atoms with Gasteiger partial charge in [0.25, 0.3) is 0 Å². The zero-order valence-corrected chi connectivity index (χ0v) is 27.8. The molecule has 2 saturated heterocycles. The third-order valence-corrected chi connectivity index (χ3v) is 8.70. The molecule has 3 aromatic rings. The molecule has 0 spiro atoms. The molecule has 6 rings (SSSR count). The number of aromatic nitrogens is 2. The number of carbonyl (C=O) groups is 3. The lowest BCUT2D eigenvalue weighted by Gasteiger charge is -2.39. The second kappa shape index (κ2) is 14.4. The van der Waals surface area contributed by atoms with E-state index in [9.17, 15) is 18.8 Å². The number of carbonyl (C=O) groups excluding carboxylic acids is 3. The zero-order valence-electron chi connectivity index (χ0n) is 27.0. The topological polar surface area (TPSA) is 129 Å². The summed E-state index contributed by atoms with van der Waals surface area (Å²) in [5.74, 6) is 0.312. The fourth-order valence-corrected chi connectivity index (χ4v) is 6.00. The Balaban J connectivity index is 1.06. The van der Waals surface area contributed by atoms with Crippen molar-refractivity contribution in [2.75, 3.05) is 69.6 Å². The van der Waals surface area contributed by atoms with E-state index in [0.29, 0.717) is 85.6 Å². The van der Waals surface area contributed by atoms with Crippen LogP contribution in [0.1, 0.15) is 26.7 Å². The summed E-state index contributed by atoms with van der Waals surface area (Å²) in [5, 5.41) is 6.72. The number of fused-ring (bicyclic) bond motifs is 1. The van der Waals surface area contributed by atoms with Gasteiger partial charge in [-0.25, -0.2) is 14.4 Å². The largest absolute Gasteiger partial charge is 0.491 e. The summed E-state index contributed by atoms with van der Waals surface area (Å²) >= 11 is 5.97. The number of rotatable bonds is 11. The minimum atomic E-state index is -0.610. The molecule has 3 fully saturated rings. The number of amides is 2. The third-order valence-electron chi connectivity index (χ3n) is 8.41. The first-order chi connectivity index (χ1) is 23.0. The van der Waals surface area contributed by atoms with Crippen molar-refractivity contribution in [3.05, 3.63) is 59.7 Å². The van der Waals surface area contributed by atoms with Crippen LogP contribution in [-0.4, -0.2) is 107 Å². The molecule has 1 saturated carbocycles.